The normalized spacial score (nSPS) is 13.1. The lowest BCUT2D eigenvalue weighted by Crippen LogP contribution is -2.18. The highest BCUT2D eigenvalue weighted by Crippen LogP contribution is 2.33. The summed E-state index contributed by atoms with van der Waals surface area (Å²) in [6.07, 6.45) is 5.10. The SMILES string of the molecule is Cc1sc(NC(=O)CCn2cccn2)nc1-c1ccc2c(c1)CCC(=O)N2. The third-order valence-electron chi connectivity index (χ3n) is 4.44. The molecule has 0 aliphatic carbocycles. The number of thiazole rings is 1. The summed E-state index contributed by atoms with van der Waals surface area (Å²) in [5, 5.41) is 10.4. The van der Waals surface area contributed by atoms with Crippen LogP contribution < -0.4 is 10.6 Å². The maximum atomic E-state index is 12.2. The average molecular weight is 381 g/mol. The number of carbonyl (C=O) groups excluding carboxylic acids is 2. The number of amides is 2. The van der Waals surface area contributed by atoms with Crippen molar-refractivity contribution in [1.82, 2.24) is 14.8 Å². The standard InChI is InChI=1S/C19H19N5O2S/c1-12-18(14-3-5-15-13(11-14)4-6-16(25)21-15)23-19(27-12)22-17(26)7-10-24-9-2-8-20-24/h2-3,5,8-9,11H,4,6-7,10H2,1H3,(H,21,25)(H,22,23,26). The number of aryl methyl sites for hydroxylation is 3. The maximum absolute atomic E-state index is 12.2. The zero-order chi connectivity index (χ0) is 18.8. The van der Waals surface area contributed by atoms with E-state index in [4.69, 9.17) is 0 Å². The average Bonchev–Trinajstić information content (AvgIpc) is 3.29. The predicted molar refractivity (Wildman–Crippen MR) is 105 cm³/mol. The van der Waals surface area contributed by atoms with Gasteiger partial charge in [-0.3, -0.25) is 14.3 Å². The van der Waals surface area contributed by atoms with Gasteiger partial charge in [-0.1, -0.05) is 6.07 Å². The Balaban J connectivity index is 1.46. The zero-order valence-corrected chi connectivity index (χ0v) is 15.7. The van der Waals surface area contributed by atoms with Gasteiger partial charge in [0.25, 0.3) is 0 Å². The molecule has 0 saturated carbocycles. The molecule has 138 valence electrons. The van der Waals surface area contributed by atoms with E-state index in [1.165, 1.54) is 11.3 Å². The van der Waals surface area contributed by atoms with Gasteiger partial charge in [0.05, 0.1) is 5.69 Å². The first-order valence-corrected chi connectivity index (χ1v) is 9.58. The van der Waals surface area contributed by atoms with E-state index < -0.39 is 0 Å². The van der Waals surface area contributed by atoms with Crippen molar-refractivity contribution in [3.05, 3.63) is 47.1 Å². The summed E-state index contributed by atoms with van der Waals surface area (Å²) < 4.78 is 1.73. The van der Waals surface area contributed by atoms with Gasteiger partial charge in [-0.2, -0.15) is 5.10 Å². The highest BCUT2D eigenvalue weighted by molar-refractivity contribution is 7.16. The third-order valence-corrected chi connectivity index (χ3v) is 5.33. The molecule has 2 N–H and O–H groups in total. The number of carbonyl (C=O) groups is 2. The molecule has 1 aliphatic rings. The molecule has 3 heterocycles. The van der Waals surface area contributed by atoms with Crippen molar-refractivity contribution >= 4 is 34.0 Å². The van der Waals surface area contributed by atoms with Crippen molar-refractivity contribution < 1.29 is 9.59 Å². The van der Waals surface area contributed by atoms with Gasteiger partial charge in [-0.15, -0.1) is 11.3 Å². The quantitative estimate of drug-likeness (QED) is 0.710. The van der Waals surface area contributed by atoms with Gasteiger partial charge in [0.2, 0.25) is 11.8 Å². The minimum Gasteiger partial charge on any atom is -0.326 e. The van der Waals surface area contributed by atoms with Gasteiger partial charge >= 0.3 is 0 Å². The molecule has 8 heteroatoms. The first-order chi connectivity index (χ1) is 13.1. The fourth-order valence-electron chi connectivity index (χ4n) is 3.08. The van der Waals surface area contributed by atoms with Crippen LogP contribution in [0.25, 0.3) is 11.3 Å². The van der Waals surface area contributed by atoms with Crippen molar-refractivity contribution in [3.8, 4) is 11.3 Å². The van der Waals surface area contributed by atoms with Crippen LogP contribution in [0.4, 0.5) is 10.8 Å². The van der Waals surface area contributed by atoms with Crippen LogP contribution in [-0.4, -0.2) is 26.6 Å². The highest BCUT2D eigenvalue weighted by atomic mass is 32.1. The largest absolute Gasteiger partial charge is 0.326 e. The fraction of sp³-hybridized carbons (Fsp3) is 0.263. The number of anilines is 2. The first kappa shape index (κ1) is 17.4. The second-order valence-electron chi connectivity index (χ2n) is 6.41. The Bertz CT molecular complexity index is 994. The van der Waals surface area contributed by atoms with Crippen LogP contribution in [0.1, 0.15) is 23.3 Å². The number of benzene rings is 1. The molecule has 2 amide bonds. The molecule has 4 rings (SSSR count). The molecule has 0 fully saturated rings. The number of hydrogen-bond acceptors (Lipinski definition) is 5. The van der Waals surface area contributed by atoms with Crippen molar-refractivity contribution in [1.29, 1.82) is 0 Å². The van der Waals surface area contributed by atoms with Crippen LogP contribution in [0, 0.1) is 6.92 Å². The minimum absolute atomic E-state index is 0.0557. The highest BCUT2D eigenvalue weighted by Gasteiger charge is 2.17. The number of nitrogens with one attached hydrogen (secondary N) is 2. The number of rotatable bonds is 5. The topological polar surface area (TPSA) is 88.9 Å². The predicted octanol–water partition coefficient (Wildman–Crippen LogP) is 3.23. The summed E-state index contributed by atoms with van der Waals surface area (Å²) in [6.45, 7) is 2.53. The van der Waals surface area contributed by atoms with Crippen LogP contribution >= 0.6 is 11.3 Å². The number of nitrogens with zero attached hydrogens (tertiary/aromatic N) is 3. The lowest BCUT2D eigenvalue weighted by atomic mass is 9.99. The molecule has 27 heavy (non-hydrogen) atoms. The Morgan fingerprint density at radius 3 is 3.07 bits per heavy atom. The summed E-state index contributed by atoms with van der Waals surface area (Å²) in [5.41, 5.74) is 3.84. The molecule has 0 spiro atoms. The second-order valence-corrected chi connectivity index (χ2v) is 7.61. The molecule has 3 aromatic rings. The Kier molecular flexibility index (Phi) is 4.72. The van der Waals surface area contributed by atoms with Crippen molar-refractivity contribution in [2.45, 2.75) is 32.7 Å². The summed E-state index contributed by atoms with van der Waals surface area (Å²) in [4.78, 5) is 29.3. The molecule has 1 aliphatic heterocycles. The van der Waals surface area contributed by atoms with E-state index in [1.54, 1.807) is 10.9 Å². The monoisotopic (exact) mass is 381 g/mol. The van der Waals surface area contributed by atoms with Gasteiger partial charge in [-0.05, 0) is 37.1 Å². The molecule has 0 radical (unpaired) electrons. The van der Waals surface area contributed by atoms with Crippen LogP contribution in [0.5, 0.6) is 0 Å². The molecule has 0 atom stereocenters. The van der Waals surface area contributed by atoms with E-state index >= 15 is 0 Å². The van der Waals surface area contributed by atoms with Gasteiger partial charge in [0.15, 0.2) is 5.13 Å². The van der Waals surface area contributed by atoms with Gasteiger partial charge in [0, 0.05) is 47.9 Å². The summed E-state index contributed by atoms with van der Waals surface area (Å²) in [7, 11) is 0. The number of fused-ring (bicyclic) bond motifs is 1. The van der Waals surface area contributed by atoms with E-state index in [9.17, 15) is 9.59 Å². The van der Waals surface area contributed by atoms with E-state index in [0.29, 0.717) is 24.5 Å². The summed E-state index contributed by atoms with van der Waals surface area (Å²) in [5.74, 6) is -0.0286. The molecule has 0 unspecified atom stereocenters. The van der Waals surface area contributed by atoms with Crippen LogP contribution in [-0.2, 0) is 22.6 Å². The van der Waals surface area contributed by atoms with Gasteiger partial charge in [-0.25, -0.2) is 4.98 Å². The number of aromatic nitrogens is 3. The summed E-state index contributed by atoms with van der Waals surface area (Å²) in [6, 6.07) is 7.77. The molecule has 0 saturated heterocycles. The van der Waals surface area contributed by atoms with Gasteiger partial charge < -0.3 is 10.6 Å². The first-order valence-electron chi connectivity index (χ1n) is 8.76. The van der Waals surface area contributed by atoms with E-state index in [-0.39, 0.29) is 11.8 Å². The molecular weight excluding hydrogens is 362 g/mol. The Hall–Kier alpha value is -3.00. The number of hydrogen-bond donors (Lipinski definition) is 2. The molecule has 7 nitrogen and oxygen atoms in total. The minimum atomic E-state index is -0.0843. The van der Waals surface area contributed by atoms with Crippen molar-refractivity contribution in [3.63, 3.8) is 0 Å². The van der Waals surface area contributed by atoms with Crippen LogP contribution in [0.15, 0.2) is 36.7 Å². The lowest BCUT2D eigenvalue weighted by molar-refractivity contribution is -0.117. The fourth-order valence-corrected chi connectivity index (χ4v) is 3.93. The van der Waals surface area contributed by atoms with E-state index in [1.807, 2.05) is 31.3 Å². The lowest BCUT2D eigenvalue weighted by Gasteiger charge is -2.17. The second kappa shape index (κ2) is 7.32. The third kappa shape index (κ3) is 3.90. The molecule has 1 aromatic carbocycles. The van der Waals surface area contributed by atoms with Crippen LogP contribution in [0.3, 0.4) is 0 Å². The Morgan fingerprint density at radius 1 is 1.37 bits per heavy atom. The summed E-state index contributed by atoms with van der Waals surface area (Å²) >= 11 is 1.46. The Morgan fingerprint density at radius 2 is 2.26 bits per heavy atom. The Labute approximate surface area is 160 Å². The van der Waals surface area contributed by atoms with Crippen molar-refractivity contribution in [2.75, 3.05) is 10.6 Å². The van der Waals surface area contributed by atoms with Gasteiger partial charge in [0.1, 0.15) is 0 Å². The van der Waals surface area contributed by atoms with E-state index in [0.717, 1.165) is 33.8 Å². The van der Waals surface area contributed by atoms with Crippen molar-refractivity contribution in [2.24, 2.45) is 0 Å². The van der Waals surface area contributed by atoms with E-state index in [2.05, 4.69) is 26.8 Å². The zero-order valence-electron chi connectivity index (χ0n) is 14.9. The molecule has 0 bridgehead atoms. The molecule has 2 aromatic heterocycles. The smallest absolute Gasteiger partial charge is 0.228 e. The molecular formula is C19H19N5O2S. The van der Waals surface area contributed by atoms with Crippen LogP contribution in [0.2, 0.25) is 0 Å². The maximum Gasteiger partial charge on any atom is 0.228 e.